The van der Waals surface area contributed by atoms with Gasteiger partial charge >= 0.3 is 0 Å². The molecule has 2 aliphatic rings. The smallest absolute Gasteiger partial charge is 0.0207 e. The van der Waals surface area contributed by atoms with E-state index in [1.165, 1.54) is 50.2 Å². The van der Waals surface area contributed by atoms with E-state index in [-0.39, 0.29) is 0 Å². The van der Waals surface area contributed by atoms with Crippen molar-refractivity contribution in [1.82, 2.24) is 5.32 Å². The minimum absolute atomic E-state index is 0.480. The fraction of sp³-hybridized carbons (Fsp3) is 1.00. The molecule has 2 heteroatoms. The zero-order chi connectivity index (χ0) is 10.7. The van der Waals surface area contributed by atoms with Gasteiger partial charge < -0.3 is 5.32 Å². The van der Waals surface area contributed by atoms with Gasteiger partial charge in [0.2, 0.25) is 0 Å². The number of nitrogens with one attached hydrogen (secondary N) is 1. The Kier molecular flexibility index (Phi) is 4.00. The number of hydrogen-bond acceptors (Lipinski definition) is 2. The molecule has 2 rings (SSSR count). The van der Waals surface area contributed by atoms with Crippen molar-refractivity contribution >= 4 is 11.8 Å². The van der Waals surface area contributed by atoms with E-state index in [4.69, 9.17) is 0 Å². The van der Waals surface area contributed by atoms with Gasteiger partial charge in [-0.05, 0) is 55.6 Å². The molecule has 2 fully saturated rings. The van der Waals surface area contributed by atoms with Crippen LogP contribution in [0.1, 0.15) is 46.0 Å². The summed E-state index contributed by atoms with van der Waals surface area (Å²) in [5.74, 6) is 4.60. The SMILES string of the molecule is CC(C)C1(CC2CCSC2)CCCCN1. The minimum Gasteiger partial charge on any atom is -0.311 e. The van der Waals surface area contributed by atoms with Gasteiger partial charge in [0, 0.05) is 5.54 Å². The molecule has 2 aliphatic heterocycles. The van der Waals surface area contributed by atoms with Crippen LogP contribution in [-0.2, 0) is 0 Å². The van der Waals surface area contributed by atoms with Crippen LogP contribution >= 0.6 is 11.8 Å². The number of thioether (sulfide) groups is 1. The van der Waals surface area contributed by atoms with Crippen LogP contribution in [0.25, 0.3) is 0 Å². The Hall–Kier alpha value is 0.310. The first kappa shape index (κ1) is 11.8. The maximum Gasteiger partial charge on any atom is 0.0207 e. The van der Waals surface area contributed by atoms with E-state index in [2.05, 4.69) is 30.9 Å². The number of piperidine rings is 1. The van der Waals surface area contributed by atoms with Gasteiger partial charge in [0.15, 0.2) is 0 Å². The van der Waals surface area contributed by atoms with E-state index in [0.29, 0.717) is 5.54 Å². The minimum atomic E-state index is 0.480. The molecule has 2 atom stereocenters. The fourth-order valence-electron chi connectivity index (χ4n) is 3.15. The Morgan fingerprint density at radius 2 is 2.27 bits per heavy atom. The largest absolute Gasteiger partial charge is 0.311 e. The molecule has 0 radical (unpaired) electrons. The second-order valence-electron chi connectivity index (χ2n) is 5.63. The summed E-state index contributed by atoms with van der Waals surface area (Å²) in [5, 5.41) is 3.85. The molecule has 2 unspecified atom stereocenters. The monoisotopic (exact) mass is 227 g/mol. The Balaban J connectivity index is 1.97. The summed E-state index contributed by atoms with van der Waals surface area (Å²) in [7, 11) is 0. The molecular weight excluding hydrogens is 202 g/mol. The van der Waals surface area contributed by atoms with Gasteiger partial charge in [0.25, 0.3) is 0 Å². The van der Waals surface area contributed by atoms with Crippen molar-refractivity contribution in [3.63, 3.8) is 0 Å². The fourth-order valence-corrected chi connectivity index (χ4v) is 4.44. The summed E-state index contributed by atoms with van der Waals surface area (Å²) in [4.78, 5) is 0. The molecule has 0 bridgehead atoms. The lowest BCUT2D eigenvalue weighted by Crippen LogP contribution is -2.53. The van der Waals surface area contributed by atoms with Crippen LogP contribution in [0, 0.1) is 11.8 Å². The second kappa shape index (κ2) is 5.09. The molecule has 1 nitrogen and oxygen atoms in total. The highest BCUT2D eigenvalue weighted by Crippen LogP contribution is 2.37. The third-order valence-electron chi connectivity index (χ3n) is 4.31. The maximum atomic E-state index is 3.85. The van der Waals surface area contributed by atoms with Crippen molar-refractivity contribution in [2.45, 2.75) is 51.5 Å². The van der Waals surface area contributed by atoms with Crippen molar-refractivity contribution < 1.29 is 0 Å². The average Bonchev–Trinajstić information content (AvgIpc) is 2.71. The second-order valence-corrected chi connectivity index (χ2v) is 6.78. The van der Waals surface area contributed by atoms with Crippen molar-refractivity contribution in [3.8, 4) is 0 Å². The van der Waals surface area contributed by atoms with Crippen molar-refractivity contribution in [2.24, 2.45) is 11.8 Å². The topological polar surface area (TPSA) is 12.0 Å². The van der Waals surface area contributed by atoms with Gasteiger partial charge in [-0.2, -0.15) is 11.8 Å². The molecule has 1 N–H and O–H groups in total. The van der Waals surface area contributed by atoms with Gasteiger partial charge in [-0.3, -0.25) is 0 Å². The molecule has 0 aromatic carbocycles. The van der Waals surface area contributed by atoms with E-state index in [1.807, 2.05) is 0 Å². The molecule has 0 aromatic rings. The predicted octanol–water partition coefficient (Wildman–Crippen LogP) is 3.30. The van der Waals surface area contributed by atoms with Gasteiger partial charge in [0.05, 0.1) is 0 Å². The molecule has 0 amide bonds. The maximum absolute atomic E-state index is 3.85. The quantitative estimate of drug-likeness (QED) is 0.794. The first-order valence-corrected chi connectivity index (χ1v) is 7.71. The first-order chi connectivity index (χ1) is 7.23. The Labute approximate surface area is 98.8 Å². The van der Waals surface area contributed by atoms with Crippen LogP contribution in [0.15, 0.2) is 0 Å². The lowest BCUT2D eigenvalue weighted by Gasteiger charge is -2.43. The molecule has 2 saturated heterocycles. The summed E-state index contributed by atoms with van der Waals surface area (Å²) < 4.78 is 0. The summed E-state index contributed by atoms with van der Waals surface area (Å²) >= 11 is 2.15. The van der Waals surface area contributed by atoms with E-state index in [0.717, 1.165) is 11.8 Å². The van der Waals surface area contributed by atoms with Crippen LogP contribution in [-0.4, -0.2) is 23.6 Å². The molecule has 2 heterocycles. The molecular formula is C13H25NS. The van der Waals surface area contributed by atoms with Gasteiger partial charge in [0.1, 0.15) is 0 Å². The number of hydrogen-bond donors (Lipinski definition) is 1. The van der Waals surface area contributed by atoms with Crippen LogP contribution in [0.3, 0.4) is 0 Å². The van der Waals surface area contributed by atoms with Crippen LogP contribution < -0.4 is 5.32 Å². The third kappa shape index (κ3) is 2.71. The van der Waals surface area contributed by atoms with Gasteiger partial charge in [-0.15, -0.1) is 0 Å². The van der Waals surface area contributed by atoms with E-state index in [1.54, 1.807) is 0 Å². The van der Waals surface area contributed by atoms with Crippen molar-refractivity contribution in [1.29, 1.82) is 0 Å². The third-order valence-corrected chi connectivity index (χ3v) is 5.54. The van der Waals surface area contributed by atoms with Crippen LogP contribution in [0.2, 0.25) is 0 Å². The molecule has 0 saturated carbocycles. The Morgan fingerprint density at radius 3 is 2.80 bits per heavy atom. The molecule has 88 valence electrons. The average molecular weight is 227 g/mol. The molecule has 0 aliphatic carbocycles. The van der Waals surface area contributed by atoms with Gasteiger partial charge in [-0.1, -0.05) is 20.3 Å². The zero-order valence-electron chi connectivity index (χ0n) is 10.2. The molecule has 0 aromatic heterocycles. The van der Waals surface area contributed by atoms with Crippen molar-refractivity contribution in [3.05, 3.63) is 0 Å². The summed E-state index contributed by atoms with van der Waals surface area (Å²) in [6.45, 7) is 6.05. The highest BCUT2D eigenvalue weighted by atomic mass is 32.2. The van der Waals surface area contributed by atoms with Crippen LogP contribution in [0.4, 0.5) is 0 Å². The normalized spacial score (nSPS) is 37.4. The number of rotatable bonds is 3. The lowest BCUT2D eigenvalue weighted by molar-refractivity contribution is 0.148. The Morgan fingerprint density at radius 1 is 1.40 bits per heavy atom. The summed E-state index contributed by atoms with van der Waals surface area (Å²) in [5.41, 5.74) is 0.480. The van der Waals surface area contributed by atoms with E-state index >= 15 is 0 Å². The zero-order valence-corrected chi connectivity index (χ0v) is 11.0. The van der Waals surface area contributed by atoms with Gasteiger partial charge in [-0.25, -0.2) is 0 Å². The highest BCUT2D eigenvalue weighted by molar-refractivity contribution is 7.99. The highest BCUT2D eigenvalue weighted by Gasteiger charge is 2.37. The molecule has 0 spiro atoms. The molecule has 15 heavy (non-hydrogen) atoms. The van der Waals surface area contributed by atoms with Crippen LogP contribution in [0.5, 0.6) is 0 Å². The van der Waals surface area contributed by atoms with Crippen molar-refractivity contribution in [2.75, 3.05) is 18.1 Å². The summed E-state index contributed by atoms with van der Waals surface area (Å²) in [6, 6.07) is 0. The van der Waals surface area contributed by atoms with E-state index in [9.17, 15) is 0 Å². The first-order valence-electron chi connectivity index (χ1n) is 6.56. The Bertz CT molecular complexity index is 191. The van der Waals surface area contributed by atoms with E-state index < -0.39 is 0 Å². The predicted molar refractivity (Wildman–Crippen MR) is 69.5 cm³/mol. The lowest BCUT2D eigenvalue weighted by atomic mass is 9.73. The summed E-state index contributed by atoms with van der Waals surface area (Å²) in [6.07, 6.45) is 7.11. The standard InChI is InChI=1S/C13H25NS/c1-11(2)13(6-3-4-7-14-13)9-12-5-8-15-10-12/h11-12,14H,3-10H2,1-2H3.